The molecule has 0 aliphatic carbocycles. The standard InChI is InChI=1S/C15H20BrN3/c1-4-19-13(9-11(2)18-19)10-17-12(3)14-7-5-6-8-15(14)16/h5-9,12,17H,4,10H2,1-3H3/t12-/m1/s1. The molecule has 2 aromatic rings. The van der Waals surface area contributed by atoms with Crippen LogP contribution in [-0.2, 0) is 13.1 Å². The predicted octanol–water partition coefficient (Wildman–Crippen LogP) is 3.82. The minimum atomic E-state index is 0.302. The second kappa shape index (κ2) is 6.35. The molecule has 0 spiro atoms. The zero-order valence-corrected chi connectivity index (χ0v) is 13.2. The second-order valence-corrected chi connectivity index (χ2v) is 5.57. The maximum absolute atomic E-state index is 4.46. The summed E-state index contributed by atoms with van der Waals surface area (Å²) in [6.07, 6.45) is 0. The van der Waals surface area contributed by atoms with Gasteiger partial charge in [-0.25, -0.2) is 0 Å². The molecule has 0 radical (unpaired) electrons. The maximum atomic E-state index is 4.46. The van der Waals surface area contributed by atoms with Crippen LogP contribution < -0.4 is 5.32 Å². The molecule has 19 heavy (non-hydrogen) atoms. The highest BCUT2D eigenvalue weighted by molar-refractivity contribution is 9.10. The number of aryl methyl sites for hydroxylation is 2. The minimum absolute atomic E-state index is 0.302. The van der Waals surface area contributed by atoms with Gasteiger partial charge in [-0.3, -0.25) is 4.68 Å². The molecule has 0 saturated carbocycles. The molecule has 0 saturated heterocycles. The maximum Gasteiger partial charge on any atom is 0.0597 e. The summed E-state index contributed by atoms with van der Waals surface area (Å²) in [4.78, 5) is 0. The summed E-state index contributed by atoms with van der Waals surface area (Å²) in [5, 5.41) is 8.02. The summed E-state index contributed by atoms with van der Waals surface area (Å²) in [5.74, 6) is 0. The van der Waals surface area contributed by atoms with Crippen molar-refractivity contribution in [2.24, 2.45) is 0 Å². The summed E-state index contributed by atoms with van der Waals surface area (Å²) in [7, 11) is 0. The van der Waals surface area contributed by atoms with E-state index in [1.165, 1.54) is 11.3 Å². The van der Waals surface area contributed by atoms with Gasteiger partial charge in [-0.2, -0.15) is 5.10 Å². The fourth-order valence-electron chi connectivity index (χ4n) is 2.21. The van der Waals surface area contributed by atoms with Crippen LogP contribution in [0.15, 0.2) is 34.8 Å². The summed E-state index contributed by atoms with van der Waals surface area (Å²) in [5.41, 5.74) is 3.59. The monoisotopic (exact) mass is 321 g/mol. The molecule has 1 aromatic carbocycles. The molecule has 3 nitrogen and oxygen atoms in total. The van der Waals surface area contributed by atoms with Gasteiger partial charge in [-0.05, 0) is 38.5 Å². The van der Waals surface area contributed by atoms with E-state index in [0.717, 1.165) is 23.3 Å². The van der Waals surface area contributed by atoms with Gasteiger partial charge in [0.15, 0.2) is 0 Å². The Balaban J connectivity index is 2.04. The smallest absolute Gasteiger partial charge is 0.0597 e. The lowest BCUT2D eigenvalue weighted by molar-refractivity contribution is 0.530. The van der Waals surface area contributed by atoms with E-state index in [2.05, 4.69) is 69.1 Å². The molecule has 1 atom stereocenters. The van der Waals surface area contributed by atoms with E-state index in [1.807, 2.05) is 13.0 Å². The van der Waals surface area contributed by atoms with Gasteiger partial charge in [0.05, 0.1) is 11.4 Å². The summed E-state index contributed by atoms with van der Waals surface area (Å²) >= 11 is 3.60. The molecule has 0 amide bonds. The molecule has 0 fully saturated rings. The first-order valence-corrected chi connectivity index (χ1v) is 7.42. The second-order valence-electron chi connectivity index (χ2n) is 4.72. The van der Waals surface area contributed by atoms with Gasteiger partial charge < -0.3 is 5.32 Å². The largest absolute Gasteiger partial charge is 0.305 e. The van der Waals surface area contributed by atoms with E-state index >= 15 is 0 Å². The predicted molar refractivity (Wildman–Crippen MR) is 82.0 cm³/mol. The van der Waals surface area contributed by atoms with E-state index < -0.39 is 0 Å². The Morgan fingerprint density at radius 3 is 2.79 bits per heavy atom. The molecular weight excluding hydrogens is 302 g/mol. The number of nitrogens with one attached hydrogen (secondary N) is 1. The molecule has 1 heterocycles. The lowest BCUT2D eigenvalue weighted by atomic mass is 10.1. The SMILES string of the molecule is CCn1nc(C)cc1CN[C@H](C)c1ccccc1Br. The van der Waals surface area contributed by atoms with Crippen LogP contribution in [0.4, 0.5) is 0 Å². The third kappa shape index (κ3) is 3.45. The molecule has 0 aliphatic rings. The van der Waals surface area contributed by atoms with Crippen molar-refractivity contribution in [3.8, 4) is 0 Å². The lowest BCUT2D eigenvalue weighted by Crippen LogP contribution is -2.20. The van der Waals surface area contributed by atoms with Gasteiger partial charge in [0.25, 0.3) is 0 Å². The molecule has 0 aliphatic heterocycles. The molecule has 0 unspecified atom stereocenters. The van der Waals surface area contributed by atoms with Crippen LogP contribution in [0.5, 0.6) is 0 Å². The summed E-state index contributed by atoms with van der Waals surface area (Å²) in [6.45, 7) is 8.07. The van der Waals surface area contributed by atoms with E-state index in [9.17, 15) is 0 Å². The third-order valence-corrected chi connectivity index (χ3v) is 3.97. The fourth-order valence-corrected chi connectivity index (χ4v) is 2.84. The molecule has 1 N–H and O–H groups in total. The van der Waals surface area contributed by atoms with Gasteiger partial charge in [0, 0.05) is 23.6 Å². The van der Waals surface area contributed by atoms with Crippen molar-refractivity contribution in [1.82, 2.24) is 15.1 Å². The van der Waals surface area contributed by atoms with E-state index in [4.69, 9.17) is 0 Å². The average molecular weight is 322 g/mol. The van der Waals surface area contributed by atoms with Crippen molar-refractivity contribution in [2.45, 2.75) is 39.9 Å². The molecule has 1 aromatic heterocycles. The highest BCUT2D eigenvalue weighted by Crippen LogP contribution is 2.23. The van der Waals surface area contributed by atoms with E-state index in [0.29, 0.717) is 6.04 Å². The minimum Gasteiger partial charge on any atom is -0.305 e. The van der Waals surface area contributed by atoms with Gasteiger partial charge in [-0.15, -0.1) is 0 Å². The topological polar surface area (TPSA) is 29.9 Å². The van der Waals surface area contributed by atoms with Crippen molar-refractivity contribution < 1.29 is 0 Å². The van der Waals surface area contributed by atoms with Gasteiger partial charge in [0.1, 0.15) is 0 Å². The zero-order valence-electron chi connectivity index (χ0n) is 11.7. The zero-order chi connectivity index (χ0) is 13.8. The fraction of sp³-hybridized carbons (Fsp3) is 0.400. The Morgan fingerprint density at radius 2 is 2.11 bits per heavy atom. The van der Waals surface area contributed by atoms with Crippen molar-refractivity contribution >= 4 is 15.9 Å². The number of benzene rings is 1. The number of aromatic nitrogens is 2. The highest BCUT2D eigenvalue weighted by Gasteiger charge is 2.10. The summed E-state index contributed by atoms with van der Waals surface area (Å²) < 4.78 is 3.20. The number of nitrogens with zero attached hydrogens (tertiary/aromatic N) is 2. The normalized spacial score (nSPS) is 12.6. The van der Waals surface area contributed by atoms with E-state index in [-0.39, 0.29) is 0 Å². The first-order chi connectivity index (χ1) is 9.11. The van der Waals surface area contributed by atoms with Gasteiger partial charge in [0.2, 0.25) is 0 Å². The van der Waals surface area contributed by atoms with Crippen LogP contribution in [0.3, 0.4) is 0 Å². The molecule has 102 valence electrons. The molecule has 2 rings (SSSR count). The first kappa shape index (κ1) is 14.3. The number of halogens is 1. The summed E-state index contributed by atoms with van der Waals surface area (Å²) in [6, 6.07) is 10.8. The first-order valence-electron chi connectivity index (χ1n) is 6.63. The van der Waals surface area contributed by atoms with Gasteiger partial charge >= 0.3 is 0 Å². The molecule has 4 heteroatoms. The molecule has 0 bridgehead atoms. The molecular formula is C15H20BrN3. The van der Waals surface area contributed by atoms with Gasteiger partial charge in [-0.1, -0.05) is 34.1 Å². The number of hydrogen-bond donors (Lipinski definition) is 1. The highest BCUT2D eigenvalue weighted by atomic mass is 79.9. The van der Waals surface area contributed by atoms with E-state index in [1.54, 1.807) is 0 Å². The van der Waals surface area contributed by atoms with Crippen molar-refractivity contribution in [3.05, 3.63) is 51.8 Å². The Bertz CT molecular complexity index is 548. The Labute approximate surface area is 123 Å². The van der Waals surface area contributed by atoms with Crippen LogP contribution in [-0.4, -0.2) is 9.78 Å². The van der Waals surface area contributed by atoms with Crippen LogP contribution in [0.25, 0.3) is 0 Å². The Hall–Kier alpha value is -1.13. The number of rotatable bonds is 5. The van der Waals surface area contributed by atoms with Crippen LogP contribution in [0.1, 0.15) is 36.8 Å². The Morgan fingerprint density at radius 1 is 1.37 bits per heavy atom. The van der Waals surface area contributed by atoms with Crippen LogP contribution >= 0.6 is 15.9 Å². The average Bonchev–Trinajstić information content (AvgIpc) is 2.77. The third-order valence-electron chi connectivity index (χ3n) is 3.25. The van der Waals surface area contributed by atoms with Crippen molar-refractivity contribution in [2.75, 3.05) is 0 Å². The van der Waals surface area contributed by atoms with Crippen molar-refractivity contribution in [1.29, 1.82) is 0 Å². The lowest BCUT2D eigenvalue weighted by Gasteiger charge is -2.16. The number of hydrogen-bond acceptors (Lipinski definition) is 2. The van der Waals surface area contributed by atoms with Crippen molar-refractivity contribution in [3.63, 3.8) is 0 Å². The quantitative estimate of drug-likeness (QED) is 0.907. The van der Waals surface area contributed by atoms with Crippen LogP contribution in [0, 0.1) is 6.92 Å². The Kier molecular flexibility index (Phi) is 4.77. The van der Waals surface area contributed by atoms with Crippen LogP contribution in [0.2, 0.25) is 0 Å².